The van der Waals surface area contributed by atoms with Crippen molar-refractivity contribution in [1.29, 1.82) is 0 Å². The Morgan fingerprint density at radius 2 is 1.56 bits per heavy atom. The minimum absolute atomic E-state index is 0.0400. The standard InChI is InChI=1S/C48H52F5N7O6/c1-26-37(48(51,52)53)32(20-34(38(26)49)57(21-27-8-13-30(63-6)14-9-27)22-28-10-15-31(64-7)16-11-28)40-39(50)41-36-42(56-44(55-41)59-19-18-47(59,5)25-61)58-23-29-12-17-33(35(58)24-65-43(36)54-40)60(29)45(62)66-46(2,3)4/h8-11,13-16,20,29,33,35,61H,12,17-19,21-25H2,1-7H3/t29-,33+,35-,47+/m1/s1. The van der Waals surface area contributed by atoms with Crippen LogP contribution in [0, 0.1) is 18.6 Å². The summed E-state index contributed by atoms with van der Waals surface area (Å²) >= 11 is 0. The first kappa shape index (κ1) is 45.0. The number of pyridine rings is 1. The number of aliphatic hydroxyl groups excluding tert-OH is 1. The SMILES string of the molecule is COc1ccc(CN(Cc2ccc(OC)cc2)c2cc(-c3nc4c5c(nc(N6CC[C@@]6(C)CO)nc5c3F)N3C[C@H]5CC[C@@H]([C@H]3CO4)N5C(=O)OC(C)(C)C)c(C(F)(F)F)c(C)c2F)cc1. The Morgan fingerprint density at radius 1 is 0.924 bits per heavy atom. The van der Waals surface area contributed by atoms with Gasteiger partial charge in [0.15, 0.2) is 5.82 Å². The third-order valence-corrected chi connectivity index (χ3v) is 13.3. The first-order valence-electron chi connectivity index (χ1n) is 21.9. The molecule has 3 fully saturated rings. The van der Waals surface area contributed by atoms with E-state index in [4.69, 9.17) is 23.9 Å². The smallest absolute Gasteiger partial charge is 0.417 e. The van der Waals surface area contributed by atoms with Gasteiger partial charge >= 0.3 is 12.3 Å². The highest BCUT2D eigenvalue weighted by molar-refractivity contribution is 5.98. The zero-order valence-electron chi connectivity index (χ0n) is 37.8. The summed E-state index contributed by atoms with van der Waals surface area (Å²) in [7, 11) is 3.04. The van der Waals surface area contributed by atoms with Crippen molar-refractivity contribution < 1.29 is 50.8 Å². The van der Waals surface area contributed by atoms with Gasteiger partial charge in [0.05, 0.1) is 55.7 Å². The van der Waals surface area contributed by atoms with Gasteiger partial charge in [-0.05, 0) is 101 Å². The van der Waals surface area contributed by atoms with E-state index in [0.717, 1.165) is 13.0 Å². The normalized spacial score (nSPS) is 21.2. The number of ether oxygens (including phenoxy) is 4. The van der Waals surface area contributed by atoms with Crippen molar-refractivity contribution in [3.05, 3.63) is 88.5 Å². The van der Waals surface area contributed by atoms with Crippen LogP contribution in [0.25, 0.3) is 22.2 Å². The number of hydrogen-bond donors (Lipinski definition) is 1. The molecular formula is C48H52F5N7O6. The number of rotatable bonds is 10. The minimum atomic E-state index is -5.17. The third kappa shape index (κ3) is 7.89. The molecule has 0 saturated carbocycles. The number of aliphatic hydroxyl groups is 1. The minimum Gasteiger partial charge on any atom is -0.497 e. The Bertz CT molecular complexity index is 2630. The molecule has 1 amide bonds. The van der Waals surface area contributed by atoms with Crippen molar-refractivity contribution in [2.75, 3.05) is 55.2 Å². The Kier molecular flexibility index (Phi) is 11.3. The molecule has 3 saturated heterocycles. The maximum absolute atomic E-state index is 17.9. The number of benzene rings is 3. The van der Waals surface area contributed by atoms with Gasteiger partial charge in [-0.2, -0.15) is 18.2 Å². The molecule has 5 aromatic rings. The molecule has 6 heterocycles. The summed E-state index contributed by atoms with van der Waals surface area (Å²) in [4.78, 5) is 34.9. The Balaban J connectivity index is 1.23. The molecule has 4 atom stereocenters. The van der Waals surface area contributed by atoms with Crippen molar-refractivity contribution in [2.24, 2.45) is 0 Å². The first-order chi connectivity index (χ1) is 31.3. The number of methoxy groups -OCH3 is 2. The lowest BCUT2D eigenvalue weighted by molar-refractivity contribution is -0.137. The maximum Gasteiger partial charge on any atom is 0.417 e. The van der Waals surface area contributed by atoms with Crippen LogP contribution < -0.4 is 28.9 Å². The van der Waals surface area contributed by atoms with Crippen LogP contribution in [-0.2, 0) is 24.0 Å². The van der Waals surface area contributed by atoms with Gasteiger partial charge in [0.1, 0.15) is 51.9 Å². The molecule has 350 valence electrons. The van der Waals surface area contributed by atoms with Gasteiger partial charge in [0.25, 0.3) is 0 Å². The summed E-state index contributed by atoms with van der Waals surface area (Å²) in [5.74, 6) is -1.09. The molecule has 18 heteroatoms. The number of halogens is 5. The number of hydrogen-bond acceptors (Lipinski definition) is 12. The van der Waals surface area contributed by atoms with E-state index >= 15 is 22.0 Å². The molecule has 4 aliphatic rings. The lowest BCUT2D eigenvalue weighted by Gasteiger charge is -2.50. The van der Waals surface area contributed by atoms with Crippen molar-refractivity contribution in [2.45, 2.75) is 102 Å². The summed E-state index contributed by atoms with van der Waals surface area (Å²) in [6.07, 6.45) is -3.81. The Labute approximate surface area is 379 Å². The summed E-state index contributed by atoms with van der Waals surface area (Å²) in [5, 5.41) is 10.5. The number of anilines is 3. The van der Waals surface area contributed by atoms with Crippen LogP contribution in [0.1, 0.15) is 69.2 Å². The topological polar surface area (TPSA) is 126 Å². The van der Waals surface area contributed by atoms with Gasteiger partial charge in [-0.1, -0.05) is 24.3 Å². The monoisotopic (exact) mass is 917 g/mol. The van der Waals surface area contributed by atoms with Crippen LogP contribution in [0.15, 0.2) is 54.6 Å². The van der Waals surface area contributed by atoms with E-state index in [1.165, 1.54) is 14.2 Å². The maximum atomic E-state index is 17.9. The van der Waals surface area contributed by atoms with Gasteiger partial charge < -0.3 is 38.8 Å². The van der Waals surface area contributed by atoms with Gasteiger partial charge in [-0.15, -0.1) is 0 Å². The molecule has 9 rings (SSSR count). The second-order valence-electron chi connectivity index (χ2n) is 18.7. The number of fused-ring (bicyclic) bond motifs is 5. The first-order valence-corrected chi connectivity index (χ1v) is 21.9. The predicted molar refractivity (Wildman–Crippen MR) is 237 cm³/mol. The lowest BCUT2D eigenvalue weighted by atomic mass is 9.88. The molecule has 13 nitrogen and oxygen atoms in total. The van der Waals surface area contributed by atoms with Crippen LogP contribution in [0.2, 0.25) is 0 Å². The number of carbonyl (C=O) groups is 1. The quantitative estimate of drug-likeness (QED) is 0.135. The lowest BCUT2D eigenvalue weighted by Crippen LogP contribution is -2.63. The van der Waals surface area contributed by atoms with Crippen molar-refractivity contribution in [3.63, 3.8) is 0 Å². The molecule has 1 N–H and O–H groups in total. The second kappa shape index (κ2) is 16.6. The van der Waals surface area contributed by atoms with Crippen molar-refractivity contribution >= 4 is 34.4 Å². The highest BCUT2D eigenvalue weighted by atomic mass is 19.4. The number of alkyl halides is 3. The Morgan fingerprint density at radius 3 is 2.11 bits per heavy atom. The van der Waals surface area contributed by atoms with Crippen LogP contribution in [0.4, 0.5) is 44.2 Å². The number of nitrogens with zero attached hydrogens (tertiary/aromatic N) is 7. The van der Waals surface area contributed by atoms with Crippen LogP contribution in [0.5, 0.6) is 17.4 Å². The van der Waals surface area contributed by atoms with Gasteiger partial charge in [0, 0.05) is 31.7 Å². The zero-order chi connectivity index (χ0) is 47.0. The predicted octanol–water partition coefficient (Wildman–Crippen LogP) is 8.83. The second-order valence-corrected chi connectivity index (χ2v) is 18.7. The Hall–Kier alpha value is -6.17. The van der Waals surface area contributed by atoms with Crippen molar-refractivity contribution in [1.82, 2.24) is 19.9 Å². The zero-order valence-corrected chi connectivity index (χ0v) is 37.8. The fourth-order valence-corrected chi connectivity index (χ4v) is 9.77. The van der Waals surface area contributed by atoms with E-state index in [1.807, 2.05) is 11.8 Å². The third-order valence-electron chi connectivity index (χ3n) is 13.3. The summed E-state index contributed by atoms with van der Waals surface area (Å²) in [5.41, 5.74) is -4.37. The molecule has 0 unspecified atom stereocenters. The number of aromatic nitrogens is 3. The van der Waals surface area contributed by atoms with Gasteiger partial charge in [-0.25, -0.2) is 23.5 Å². The average Bonchev–Trinajstić information content (AvgIpc) is 3.51. The van der Waals surface area contributed by atoms with Crippen LogP contribution >= 0.6 is 0 Å². The average molecular weight is 918 g/mol. The fraction of sp³-hybridized carbons (Fsp3) is 0.458. The fourth-order valence-electron chi connectivity index (χ4n) is 9.77. The molecule has 3 aromatic carbocycles. The van der Waals surface area contributed by atoms with Crippen LogP contribution in [0.3, 0.4) is 0 Å². The molecule has 66 heavy (non-hydrogen) atoms. The van der Waals surface area contributed by atoms with Gasteiger partial charge in [0.2, 0.25) is 11.8 Å². The molecular weight excluding hydrogens is 866 g/mol. The largest absolute Gasteiger partial charge is 0.497 e. The summed E-state index contributed by atoms with van der Waals surface area (Å²) < 4.78 is 104. The molecule has 0 aliphatic carbocycles. The van der Waals surface area contributed by atoms with Crippen molar-refractivity contribution in [3.8, 4) is 28.6 Å². The molecule has 2 aromatic heterocycles. The van der Waals surface area contributed by atoms with E-state index in [2.05, 4.69) is 9.97 Å². The van der Waals surface area contributed by atoms with E-state index < -0.39 is 69.5 Å². The van der Waals surface area contributed by atoms with E-state index in [0.29, 0.717) is 48.4 Å². The number of piperazine rings is 1. The number of carbonyl (C=O) groups excluding carboxylic acids is 1. The molecule has 0 spiro atoms. The van der Waals surface area contributed by atoms with Crippen LogP contribution in [-0.4, -0.2) is 101 Å². The van der Waals surface area contributed by atoms with E-state index in [1.54, 1.807) is 84.0 Å². The summed E-state index contributed by atoms with van der Waals surface area (Å²) in [6, 6.07) is 13.7. The van der Waals surface area contributed by atoms with E-state index in [-0.39, 0.29) is 73.1 Å². The highest BCUT2D eigenvalue weighted by Gasteiger charge is 2.52. The molecule has 0 radical (unpaired) electrons. The highest BCUT2D eigenvalue weighted by Crippen LogP contribution is 2.49. The summed E-state index contributed by atoms with van der Waals surface area (Å²) in [6.45, 7) is 8.62. The van der Waals surface area contributed by atoms with E-state index in [9.17, 15) is 9.90 Å². The van der Waals surface area contributed by atoms with Gasteiger partial charge in [-0.3, -0.25) is 4.90 Å². The number of amides is 1. The molecule has 4 aliphatic heterocycles. The molecule has 2 bridgehead atoms.